The number of methoxy groups -OCH3 is 2. The summed E-state index contributed by atoms with van der Waals surface area (Å²) in [6, 6.07) is 11.0. The molecule has 2 aromatic rings. The number of thioether (sulfide) groups is 1. The minimum atomic E-state index is -0.618. The number of aryl methyl sites for hydroxylation is 1. The molecular weight excluding hydrogens is 454 g/mol. The van der Waals surface area contributed by atoms with Crippen LogP contribution in [0.25, 0.3) is 0 Å². The second-order valence-corrected chi connectivity index (χ2v) is 7.97. The summed E-state index contributed by atoms with van der Waals surface area (Å²) in [6.07, 6.45) is 2.63. The topological polar surface area (TPSA) is 98.6 Å². The molecule has 0 radical (unpaired) electrons. The van der Waals surface area contributed by atoms with E-state index in [1.165, 1.54) is 13.3 Å². The third kappa shape index (κ3) is 6.12. The first kappa shape index (κ1) is 23.4. The van der Waals surface area contributed by atoms with Gasteiger partial charge in [-0.05, 0) is 60.1 Å². The molecule has 1 amide bonds. The maximum Gasteiger partial charge on any atom is 0.331 e. The normalized spacial score (nSPS) is 15.9. The number of amides is 1. The van der Waals surface area contributed by atoms with Crippen LogP contribution in [0.15, 0.2) is 57.6 Å². The molecule has 1 fully saturated rings. The number of ether oxygens (including phenoxy) is 3. The molecule has 1 aliphatic heterocycles. The number of esters is 1. The van der Waals surface area contributed by atoms with Crippen LogP contribution in [0.3, 0.4) is 0 Å². The first-order valence-electron chi connectivity index (χ1n) is 9.35. The molecule has 10 heteroatoms. The van der Waals surface area contributed by atoms with E-state index in [9.17, 15) is 9.59 Å². The highest BCUT2D eigenvalue weighted by Gasteiger charge is 2.25. The van der Waals surface area contributed by atoms with Gasteiger partial charge in [-0.25, -0.2) is 4.79 Å². The first-order chi connectivity index (χ1) is 15.4. The Balaban J connectivity index is 1.70. The SMILES string of the molecule is COC(=O)/C=C1/S/C(=N\N=Cc2ccc(OC)c(COc3ccc(C)cc3Cl)c2)NC1=O. The number of amidine groups is 1. The average Bonchev–Trinajstić information content (AvgIpc) is 3.12. The minimum absolute atomic E-state index is 0.185. The van der Waals surface area contributed by atoms with Gasteiger partial charge in [0.2, 0.25) is 0 Å². The number of nitrogens with one attached hydrogen (secondary N) is 1. The Morgan fingerprint density at radius 3 is 2.69 bits per heavy atom. The molecule has 1 heterocycles. The second-order valence-electron chi connectivity index (χ2n) is 6.53. The summed E-state index contributed by atoms with van der Waals surface area (Å²) in [5.41, 5.74) is 2.60. The molecule has 0 bridgehead atoms. The Kier molecular flexibility index (Phi) is 7.91. The third-order valence-corrected chi connectivity index (χ3v) is 5.43. The number of benzene rings is 2. The van der Waals surface area contributed by atoms with Crippen LogP contribution >= 0.6 is 23.4 Å². The van der Waals surface area contributed by atoms with Crippen molar-refractivity contribution in [2.24, 2.45) is 10.2 Å². The van der Waals surface area contributed by atoms with Crippen LogP contribution in [0, 0.1) is 6.92 Å². The van der Waals surface area contributed by atoms with Crippen molar-refractivity contribution < 1.29 is 23.8 Å². The van der Waals surface area contributed by atoms with Gasteiger partial charge >= 0.3 is 5.97 Å². The van der Waals surface area contributed by atoms with E-state index in [-0.39, 0.29) is 16.7 Å². The van der Waals surface area contributed by atoms with Gasteiger partial charge in [0.1, 0.15) is 18.1 Å². The fourth-order valence-corrected chi connectivity index (χ4v) is 3.69. The monoisotopic (exact) mass is 473 g/mol. The van der Waals surface area contributed by atoms with Gasteiger partial charge in [0.25, 0.3) is 5.91 Å². The predicted octanol–water partition coefficient (Wildman–Crippen LogP) is 3.85. The van der Waals surface area contributed by atoms with Gasteiger partial charge in [-0.3, -0.25) is 10.1 Å². The highest BCUT2D eigenvalue weighted by atomic mass is 35.5. The third-order valence-electron chi connectivity index (χ3n) is 4.23. The first-order valence-corrected chi connectivity index (χ1v) is 10.5. The Morgan fingerprint density at radius 1 is 1.19 bits per heavy atom. The van der Waals surface area contributed by atoms with Crippen molar-refractivity contribution in [3.8, 4) is 11.5 Å². The van der Waals surface area contributed by atoms with Crippen molar-refractivity contribution in [3.05, 3.63) is 69.1 Å². The summed E-state index contributed by atoms with van der Waals surface area (Å²) in [5, 5.41) is 11.3. The van der Waals surface area contributed by atoms with E-state index in [0.717, 1.165) is 34.5 Å². The van der Waals surface area contributed by atoms with E-state index in [1.54, 1.807) is 13.2 Å². The van der Waals surface area contributed by atoms with Gasteiger partial charge in [-0.15, -0.1) is 5.10 Å². The summed E-state index contributed by atoms with van der Waals surface area (Å²) in [4.78, 5) is 23.3. The van der Waals surface area contributed by atoms with Crippen LogP contribution in [-0.2, 0) is 20.9 Å². The Hall–Kier alpha value is -3.30. The van der Waals surface area contributed by atoms with Crippen molar-refractivity contribution in [3.63, 3.8) is 0 Å². The Labute approximate surface area is 194 Å². The molecule has 0 saturated carbocycles. The molecule has 2 aromatic carbocycles. The summed E-state index contributed by atoms with van der Waals surface area (Å²) >= 11 is 7.23. The van der Waals surface area contributed by atoms with Crippen LogP contribution < -0.4 is 14.8 Å². The standard InChI is InChI=1S/C22H20ClN3O5S/c1-13-4-6-18(16(23)8-13)31-12-15-9-14(5-7-17(15)29-2)11-24-26-22-25-21(28)19(32-22)10-20(27)30-3/h4-11H,12H2,1-3H3,(H,25,26,28)/b19-10+,24-11?. The number of rotatable bonds is 7. The lowest BCUT2D eigenvalue weighted by Gasteiger charge is -2.12. The van der Waals surface area contributed by atoms with Crippen LogP contribution in [0.1, 0.15) is 16.7 Å². The largest absolute Gasteiger partial charge is 0.496 e. The summed E-state index contributed by atoms with van der Waals surface area (Å²) in [6.45, 7) is 2.20. The zero-order chi connectivity index (χ0) is 23.1. The van der Waals surface area contributed by atoms with Crippen molar-refractivity contribution in [2.45, 2.75) is 13.5 Å². The lowest BCUT2D eigenvalue weighted by Crippen LogP contribution is -2.19. The van der Waals surface area contributed by atoms with Gasteiger partial charge in [0, 0.05) is 11.6 Å². The molecule has 1 saturated heterocycles. The average molecular weight is 474 g/mol. The molecule has 0 aromatic heterocycles. The molecule has 0 aliphatic carbocycles. The fraction of sp³-hybridized carbons (Fsp3) is 0.182. The maximum atomic E-state index is 11.8. The number of hydrogen-bond donors (Lipinski definition) is 1. The molecule has 1 aliphatic rings. The molecule has 0 unspecified atom stereocenters. The Bertz CT molecular complexity index is 1130. The number of halogens is 1. The van der Waals surface area contributed by atoms with Crippen molar-refractivity contribution >= 4 is 46.6 Å². The summed E-state index contributed by atoms with van der Waals surface area (Å²) in [7, 11) is 2.82. The van der Waals surface area contributed by atoms with Crippen LogP contribution in [0.4, 0.5) is 0 Å². The van der Waals surface area contributed by atoms with E-state index in [1.807, 2.05) is 37.3 Å². The smallest absolute Gasteiger partial charge is 0.331 e. The quantitative estimate of drug-likeness (QED) is 0.284. The van der Waals surface area contributed by atoms with Gasteiger partial charge in [-0.1, -0.05) is 17.7 Å². The lowest BCUT2D eigenvalue weighted by atomic mass is 10.1. The van der Waals surface area contributed by atoms with Crippen molar-refractivity contribution in [2.75, 3.05) is 14.2 Å². The van der Waals surface area contributed by atoms with Crippen LogP contribution in [0.5, 0.6) is 11.5 Å². The molecule has 1 N–H and O–H groups in total. The molecule has 0 spiro atoms. The van der Waals surface area contributed by atoms with Gasteiger partial charge in [0.05, 0.1) is 30.4 Å². The molecule has 8 nitrogen and oxygen atoms in total. The minimum Gasteiger partial charge on any atom is -0.496 e. The summed E-state index contributed by atoms with van der Waals surface area (Å²) < 4.78 is 15.8. The van der Waals surface area contributed by atoms with E-state index in [2.05, 4.69) is 20.3 Å². The van der Waals surface area contributed by atoms with Gasteiger partial charge in [0.15, 0.2) is 5.17 Å². The summed E-state index contributed by atoms with van der Waals surface area (Å²) in [5.74, 6) is 0.183. The zero-order valence-electron chi connectivity index (χ0n) is 17.5. The second kappa shape index (κ2) is 10.8. The van der Waals surface area contributed by atoms with E-state index < -0.39 is 11.9 Å². The molecule has 0 atom stereocenters. The maximum absolute atomic E-state index is 11.8. The molecule has 3 rings (SSSR count). The lowest BCUT2D eigenvalue weighted by molar-refractivity contribution is -0.135. The van der Waals surface area contributed by atoms with E-state index in [0.29, 0.717) is 16.5 Å². The van der Waals surface area contributed by atoms with Crippen LogP contribution in [-0.4, -0.2) is 37.5 Å². The van der Waals surface area contributed by atoms with Gasteiger partial charge in [-0.2, -0.15) is 5.10 Å². The molecule has 32 heavy (non-hydrogen) atoms. The predicted molar refractivity (Wildman–Crippen MR) is 124 cm³/mol. The highest BCUT2D eigenvalue weighted by molar-refractivity contribution is 8.18. The molecule has 166 valence electrons. The highest BCUT2D eigenvalue weighted by Crippen LogP contribution is 2.28. The number of carbonyl (C=O) groups excluding carboxylic acids is 2. The van der Waals surface area contributed by atoms with Crippen molar-refractivity contribution in [1.82, 2.24) is 5.32 Å². The Morgan fingerprint density at radius 2 is 1.97 bits per heavy atom. The fourth-order valence-electron chi connectivity index (χ4n) is 2.66. The zero-order valence-corrected chi connectivity index (χ0v) is 19.1. The number of nitrogens with zero attached hydrogens (tertiary/aromatic N) is 2. The van der Waals surface area contributed by atoms with Crippen LogP contribution in [0.2, 0.25) is 5.02 Å². The van der Waals surface area contributed by atoms with E-state index >= 15 is 0 Å². The number of hydrogen-bond acceptors (Lipinski definition) is 8. The van der Waals surface area contributed by atoms with Gasteiger partial charge < -0.3 is 14.2 Å². The number of carbonyl (C=O) groups is 2. The van der Waals surface area contributed by atoms with E-state index in [4.69, 9.17) is 21.1 Å². The van der Waals surface area contributed by atoms with Crippen molar-refractivity contribution in [1.29, 1.82) is 0 Å². The molecular formula is C22H20ClN3O5S.